The van der Waals surface area contributed by atoms with Crippen LogP contribution in [0, 0.1) is 13.8 Å². The monoisotopic (exact) mass is 263 g/mol. The van der Waals surface area contributed by atoms with Gasteiger partial charge in [-0.05, 0) is 57.2 Å². The summed E-state index contributed by atoms with van der Waals surface area (Å²) >= 11 is 0. The summed E-state index contributed by atoms with van der Waals surface area (Å²) in [5.41, 5.74) is 3.58. The van der Waals surface area contributed by atoms with E-state index in [1.54, 1.807) is 6.92 Å². The molecule has 1 aromatic rings. The summed E-state index contributed by atoms with van der Waals surface area (Å²) in [5, 5.41) is 13.1. The van der Waals surface area contributed by atoms with E-state index in [1.807, 2.05) is 6.92 Å². The van der Waals surface area contributed by atoms with Gasteiger partial charge in [0, 0.05) is 12.6 Å². The zero-order chi connectivity index (χ0) is 14.0. The van der Waals surface area contributed by atoms with E-state index in [0.717, 1.165) is 29.5 Å². The molecule has 3 heteroatoms. The van der Waals surface area contributed by atoms with Crippen molar-refractivity contribution in [2.45, 2.75) is 65.3 Å². The van der Waals surface area contributed by atoms with Crippen LogP contribution in [-0.2, 0) is 6.54 Å². The van der Waals surface area contributed by atoms with Crippen molar-refractivity contribution >= 4 is 0 Å². The van der Waals surface area contributed by atoms with Crippen molar-refractivity contribution in [1.29, 1.82) is 0 Å². The Balaban J connectivity index is 2.07. The molecule has 2 rings (SSSR count). The van der Waals surface area contributed by atoms with Crippen LogP contribution < -0.4 is 10.1 Å². The summed E-state index contributed by atoms with van der Waals surface area (Å²) in [6.07, 6.45) is 1.97. The molecule has 0 saturated heterocycles. The molecule has 0 heterocycles. The highest BCUT2D eigenvalue weighted by atomic mass is 16.5. The molecule has 0 bridgehead atoms. The number of nitrogens with one attached hydrogen (secondary N) is 1. The molecule has 0 amide bonds. The van der Waals surface area contributed by atoms with Gasteiger partial charge in [0.25, 0.3) is 0 Å². The summed E-state index contributed by atoms with van der Waals surface area (Å²) in [5.74, 6) is 0.906. The normalized spacial score (nSPS) is 18.2. The lowest BCUT2D eigenvalue weighted by atomic mass is 10.1. The lowest BCUT2D eigenvalue weighted by molar-refractivity contribution is 0.0595. The topological polar surface area (TPSA) is 41.5 Å². The zero-order valence-electron chi connectivity index (χ0n) is 12.4. The summed E-state index contributed by atoms with van der Waals surface area (Å²) in [4.78, 5) is 0. The van der Waals surface area contributed by atoms with Gasteiger partial charge in [0.15, 0.2) is 0 Å². The SMILES string of the molecule is Cc1cc(CNC2CC2)cc(C)c1OC(C)C(C)O. The van der Waals surface area contributed by atoms with Gasteiger partial charge in [0.1, 0.15) is 11.9 Å². The first-order valence-corrected chi connectivity index (χ1v) is 7.15. The fourth-order valence-corrected chi connectivity index (χ4v) is 2.16. The second-order valence-corrected chi connectivity index (χ2v) is 5.78. The van der Waals surface area contributed by atoms with Crippen molar-refractivity contribution < 1.29 is 9.84 Å². The van der Waals surface area contributed by atoms with Gasteiger partial charge in [-0.15, -0.1) is 0 Å². The maximum Gasteiger partial charge on any atom is 0.125 e. The number of aryl methyl sites for hydroxylation is 2. The summed E-state index contributed by atoms with van der Waals surface area (Å²) in [6.45, 7) is 8.71. The second kappa shape index (κ2) is 5.93. The van der Waals surface area contributed by atoms with Crippen molar-refractivity contribution in [1.82, 2.24) is 5.32 Å². The van der Waals surface area contributed by atoms with Gasteiger partial charge in [-0.2, -0.15) is 0 Å². The number of aliphatic hydroxyl groups excluding tert-OH is 1. The predicted octanol–water partition coefficient (Wildman–Crippen LogP) is 2.70. The van der Waals surface area contributed by atoms with E-state index in [9.17, 15) is 5.11 Å². The minimum atomic E-state index is -0.463. The highest BCUT2D eigenvalue weighted by molar-refractivity contribution is 5.43. The Labute approximate surface area is 116 Å². The van der Waals surface area contributed by atoms with E-state index in [2.05, 4.69) is 31.3 Å². The third-order valence-electron chi connectivity index (χ3n) is 3.68. The van der Waals surface area contributed by atoms with Crippen molar-refractivity contribution in [2.24, 2.45) is 0 Å². The van der Waals surface area contributed by atoms with Crippen LogP contribution in [0.3, 0.4) is 0 Å². The van der Waals surface area contributed by atoms with Gasteiger partial charge < -0.3 is 15.2 Å². The highest BCUT2D eigenvalue weighted by Crippen LogP contribution is 2.27. The van der Waals surface area contributed by atoms with Gasteiger partial charge in [0.2, 0.25) is 0 Å². The van der Waals surface area contributed by atoms with Crippen molar-refractivity contribution in [2.75, 3.05) is 0 Å². The molecule has 2 atom stereocenters. The lowest BCUT2D eigenvalue weighted by Crippen LogP contribution is -2.26. The minimum absolute atomic E-state index is 0.187. The molecule has 1 fully saturated rings. The van der Waals surface area contributed by atoms with E-state index in [-0.39, 0.29) is 6.10 Å². The van der Waals surface area contributed by atoms with Gasteiger partial charge >= 0.3 is 0 Å². The van der Waals surface area contributed by atoms with E-state index >= 15 is 0 Å². The Morgan fingerprint density at radius 1 is 1.26 bits per heavy atom. The molecule has 2 unspecified atom stereocenters. The van der Waals surface area contributed by atoms with E-state index in [4.69, 9.17) is 4.74 Å². The number of benzene rings is 1. The molecule has 106 valence electrons. The van der Waals surface area contributed by atoms with Crippen LogP contribution in [0.1, 0.15) is 43.4 Å². The van der Waals surface area contributed by atoms with Crippen molar-refractivity contribution in [3.05, 3.63) is 28.8 Å². The summed E-state index contributed by atoms with van der Waals surface area (Å²) < 4.78 is 5.86. The van der Waals surface area contributed by atoms with E-state index in [0.29, 0.717) is 0 Å². The molecular weight excluding hydrogens is 238 g/mol. The molecule has 3 nitrogen and oxygen atoms in total. The van der Waals surface area contributed by atoms with Crippen LogP contribution in [0.4, 0.5) is 0 Å². The predicted molar refractivity (Wildman–Crippen MR) is 77.5 cm³/mol. The molecule has 0 radical (unpaired) electrons. The molecule has 0 aromatic heterocycles. The van der Waals surface area contributed by atoms with Crippen LogP contribution in [0.25, 0.3) is 0 Å². The summed E-state index contributed by atoms with van der Waals surface area (Å²) in [6, 6.07) is 5.07. The number of rotatable bonds is 6. The third kappa shape index (κ3) is 3.95. The van der Waals surface area contributed by atoms with Gasteiger partial charge in [-0.25, -0.2) is 0 Å². The second-order valence-electron chi connectivity index (χ2n) is 5.78. The lowest BCUT2D eigenvalue weighted by Gasteiger charge is -2.21. The molecule has 1 saturated carbocycles. The van der Waals surface area contributed by atoms with Gasteiger partial charge in [-0.1, -0.05) is 12.1 Å². The Kier molecular flexibility index (Phi) is 4.48. The average molecular weight is 263 g/mol. The minimum Gasteiger partial charge on any atom is -0.487 e. The first-order chi connectivity index (χ1) is 8.97. The molecule has 1 aromatic carbocycles. The fourth-order valence-electron chi connectivity index (χ4n) is 2.16. The maximum atomic E-state index is 9.54. The van der Waals surface area contributed by atoms with E-state index in [1.165, 1.54) is 18.4 Å². The molecule has 19 heavy (non-hydrogen) atoms. The van der Waals surface area contributed by atoms with Gasteiger partial charge in [-0.3, -0.25) is 0 Å². The van der Waals surface area contributed by atoms with Crippen LogP contribution in [0.2, 0.25) is 0 Å². The molecule has 0 aliphatic heterocycles. The summed E-state index contributed by atoms with van der Waals surface area (Å²) in [7, 11) is 0. The molecule has 0 spiro atoms. The van der Waals surface area contributed by atoms with Crippen molar-refractivity contribution in [3.8, 4) is 5.75 Å². The fraction of sp³-hybridized carbons (Fsp3) is 0.625. The Hall–Kier alpha value is -1.06. The Morgan fingerprint density at radius 2 is 1.84 bits per heavy atom. The molecule has 2 N–H and O–H groups in total. The largest absolute Gasteiger partial charge is 0.487 e. The molecule has 1 aliphatic carbocycles. The average Bonchev–Trinajstić information content (AvgIpc) is 3.14. The van der Waals surface area contributed by atoms with Crippen LogP contribution >= 0.6 is 0 Å². The van der Waals surface area contributed by atoms with Crippen LogP contribution in [-0.4, -0.2) is 23.4 Å². The quantitative estimate of drug-likeness (QED) is 0.829. The molecular formula is C16H25NO2. The maximum absolute atomic E-state index is 9.54. The van der Waals surface area contributed by atoms with Crippen molar-refractivity contribution in [3.63, 3.8) is 0 Å². The standard InChI is InChI=1S/C16H25NO2/c1-10-7-14(9-17-15-5-6-15)8-11(2)16(10)19-13(4)12(3)18/h7-8,12-13,15,17-18H,5-6,9H2,1-4H3. The zero-order valence-corrected chi connectivity index (χ0v) is 12.4. The highest BCUT2D eigenvalue weighted by Gasteiger charge is 2.20. The van der Waals surface area contributed by atoms with Crippen LogP contribution in [0.5, 0.6) is 5.75 Å². The first-order valence-electron chi connectivity index (χ1n) is 7.15. The van der Waals surface area contributed by atoms with Crippen LogP contribution in [0.15, 0.2) is 12.1 Å². The first kappa shape index (κ1) is 14.4. The number of aliphatic hydroxyl groups is 1. The number of hydrogen-bond acceptors (Lipinski definition) is 3. The third-order valence-corrected chi connectivity index (χ3v) is 3.68. The number of ether oxygens (including phenoxy) is 1. The van der Waals surface area contributed by atoms with E-state index < -0.39 is 6.10 Å². The Bertz CT molecular complexity index is 415. The smallest absolute Gasteiger partial charge is 0.125 e. The number of hydrogen-bond donors (Lipinski definition) is 2. The van der Waals surface area contributed by atoms with Gasteiger partial charge in [0.05, 0.1) is 6.10 Å². The Morgan fingerprint density at radius 3 is 2.32 bits per heavy atom. The molecule has 1 aliphatic rings.